The Kier molecular flexibility index (Phi) is 5.70. The fraction of sp³-hybridized carbons (Fsp3) is 0.385. The summed E-state index contributed by atoms with van der Waals surface area (Å²) in [6, 6.07) is 9.62. The lowest BCUT2D eigenvalue weighted by atomic mass is 10.2. The second-order valence-electron chi connectivity index (χ2n) is 3.63. The maximum absolute atomic E-state index is 11.2. The number of carbonyl (C=O) groups excluding carboxylic acids is 2. The van der Waals surface area contributed by atoms with Gasteiger partial charge in [0.25, 0.3) is 0 Å². The van der Waals surface area contributed by atoms with Crippen LogP contribution < -0.4 is 0 Å². The molecule has 1 aromatic carbocycles. The van der Waals surface area contributed by atoms with Crippen LogP contribution in [0.1, 0.15) is 19.4 Å². The number of hydrogen-bond acceptors (Lipinski definition) is 5. The lowest BCUT2D eigenvalue weighted by Gasteiger charge is -2.12. The van der Waals surface area contributed by atoms with Crippen molar-refractivity contribution in [1.29, 1.82) is 0 Å². The van der Waals surface area contributed by atoms with Crippen molar-refractivity contribution in [3.05, 3.63) is 35.9 Å². The van der Waals surface area contributed by atoms with E-state index in [4.69, 9.17) is 9.47 Å². The second kappa shape index (κ2) is 7.32. The molecule has 0 N–H and O–H groups in total. The standard InChI is InChI=1S/C13H16O5/c1-10(14)17-11(2)18-13(15)16-9-8-12-6-4-3-5-7-12/h3-7,11H,8-9H2,1-2H3. The number of ether oxygens (including phenoxy) is 3. The van der Waals surface area contributed by atoms with Gasteiger partial charge in [-0.15, -0.1) is 0 Å². The third-order valence-corrected chi connectivity index (χ3v) is 2.05. The smallest absolute Gasteiger partial charge is 0.434 e. The van der Waals surface area contributed by atoms with Gasteiger partial charge in [-0.2, -0.15) is 0 Å². The van der Waals surface area contributed by atoms with E-state index >= 15 is 0 Å². The fourth-order valence-corrected chi connectivity index (χ4v) is 1.32. The Labute approximate surface area is 106 Å². The van der Waals surface area contributed by atoms with Gasteiger partial charge in [-0.3, -0.25) is 4.79 Å². The molecule has 0 saturated heterocycles. The first-order chi connectivity index (χ1) is 8.58. The zero-order chi connectivity index (χ0) is 13.4. The predicted octanol–water partition coefficient (Wildman–Crippen LogP) is 2.29. The molecule has 0 fully saturated rings. The van der Waals surface area contributed by atoms with E-state index in [1.165, 1.54) is 13.8 Å². The first-order valence-corrected chi connectivity index (χ1v) is 5.62. The molecular formula is C13H16O5. The van der Waals surface area contributed by atoms with Gasteiger partial charge in [-0.25, -0.2) is 4.79 Å². The van der Waals surface area contributed by atoms with E-state index in [0.29, 0.717) is 6.42 Å². The van der Waals surface area contributed by atoms with Gasteiger partial charge in [-0.05, 0) is 5.56 Å². The minimum atomic E-state index is -0.938. The average molecular weight is 252 g/mol. The second-order valence-corrected chi connectivity index (χ2v) is 3.63. The molecule has 1 aromatic rings. The third-order valence-electron chi connectivity index (χ3n) is 2.05. The Morgan fingerprint density at radius 1 is 1.17 bits per heavy atom. The van der Waals surface area contributed by atoms with Gasteiger partial charge in [0, 0.05) is 20.3 Å². The van der Waals surface area contributed by atoms with Gasteiger partial charge in [0.2, 0.25) is 6.29 Å². The number of carbonyl (C=O) groups is 2. The molecule has 5 nitrogen and oxygen atoms in total. The Balaban J connectivity index is 2.19. The Hall–Kier alpha value is -2.04. The minimum Gasteiger partial charge on any atom is -0.434 e. The molecule has 0 aromatic heterocycles. The molecule has 0 heterocycles. The largest absolute Gasteiger partial charge is 0.511 e. The number of esters is 1. The van der Waals surface area contributed by atoms with Crippen LogP contribution in [0.25, 0.3) is 0 Å². The maximum atomic E-state index is 11.2. The summed E-state index contributed by atoms with van der Waals surface area (Å²) in [5.41, 5.74) is 1.07. The molecule has 0 bridgehead atoms. The molecular weight excluding hydrogens is 236 g/mol. The van der Waals surface area contributed by atoms with Crippen LogP contribution in [0, 0.1) is 0 Å². The zero-order valence-corrected chi connectivity index (χ0v) is 10.4. The molecule has 1 unspecified atom stereocenters. The van der Waals surface area contributed by atoms with E-state index in [0.717, 1.165) is 5.56 Å². The average Bonchev–Trinajstić information content (AvgIpc) is 2.29. The lowest BCUT2D eigenvalue weighted by molar-refractivity contribution is -0.165. The van der Waals surface area contributed by atoms with Crippen molar-refractivity contribution in [2.24, 2.45) is 0 Å². The zero-order valence-electron chi connectivity index (χ0n) is 10.4. The van der Waals surface area contributed by atoms with Crippen LogP contribution in [-0.2, 0) is 25.4 Å². The molecule has 1 atom stereocenters. The minimum absolute atomic E-state index is 0.218. The molecule has 1 rings (SSSR count). The monoisotopic (exact) mass is 252 g/mol. The number of hydrogen-bond donors (Lipinski definition) is 0. The van der Waals surface area contributed by atoms with Gasteiger partial charge in [0.05, 0.1) is 6.61 Å². The summed E-state index contributed by atoms with van der Waals surface area (Å²) >= 11 is 0. The molecule has 5 heteroatoms. The van der Waals surface area contributed by atoms with Crippen molar-refractivity contribution in [2.45, 2.75) is 26.6 Å². The Morgan fingerprint density at radius 3 is 2.44 bits per heavy atom. The molecule has 0 aliphatic heterocycles. The van der Waals surface area contributed by atoms with E-state index in [9.17, 15) is 9.59 Å². The van der Waals surface area contributed by atoms with Crippen LogP contribution in [0.15, 0.2) is 30.3 Å². The van der Waals surface area contributed by atoms with Crippen LogP contribution in [-0.4, -0.2) is 25.0 Å². The quantitative estimate of drug-likeness (QED) is 0.594. The van der Waals surface area contributed by atoms with Gasteiger partial charge >= 0.3 is 12.1 Å². The van der Waals surface area contributed by atoms with Crippen molar-refractivity contribution >= 4 is 12.1 Å². The van der Waals surface area contributed by atoms with E-state index in [1.807, 2.05) is 30.3 Å². The molecule has 0 radical (unpaired) electrons. The van der Waals surface area contributed by atoms with Crippen LogP contribution >= 0.6 is 0 Å². The van der Waals surface area contributed by atoms with Crippen LogP contribution in [0.3, 0.4) is 0 Å². The first kappa shape index (κ1) is 14.0. The van der Waals surface area contributed by atoms with Gasteiger partial charge in [-0.1, -0.05) is 30.3 Å². The number of rotatable bonds is 5. The lowest BCUT2D eigenvalue weighted by Crippen LogP contribution is -2.21. The topological polar surface area (TPSA) is 61.8 Å². The van der Waals surface area contributed by atoms with Crippen molar-refractivity contribution in [2.75, 3.05) is 6.61 Å². The molecule has 0 amide bonds. The van der Waals surface area contributed by atoms with Crippen molar-refractivity contribution in [1.82, 2.24) is 0 Å². The SMILES string of the molecule is CC(=O)OC(C)OC(=O)OCCc1ccccc1. The van der Waals surface area contributed by atoms with Crippen LogP contribution in [0.2, 0.25) is 0 Å². The Bertz CT molecular complexity index is 388. The van der Waals surface area contributed by atoms with E-state index in [-0.39, 0.29) is 6.61 Å². The predicted molar refractivity (Wildman–Crippen MR) is 63.8 cm³/mol. The van der Waals surface area contributed by atoms with Crippen molar-refractivity contribution < 1.29 is 23.8 Å². The van der Waals surface area contributed by atoms with E-state index in [1.54, 1.807) is 0 Å². The molecule has 18 heavy (non-hydrogen) atoms. The Morgan fingerprint density at radius 2 is 1.83 bits per heavy atom. The normalized spacial score (nSPS) is 11.4. The summed E-state index contributed by atoms with van der Waals surface area (Å²) in [6.45, 7) is 2.90. The third kappa shape index (κ3) is 5.89. The van der Waals surface area contributed by atoms with Crippen LogP contribution in [0.4, 0.5) is 4.79 Å². The first-order valence-electron chi connectivity index (χ1n) is 5.62. The highest BCUT2D eigenvalue weighted by Crippen LogP contribution is 2.01. The molecule has 98 valence electrons. The molecule has 0 spiro atoms. The van der Waals surface area contributed by atoms with Gasteiger partial charge in [0.1, 0.15) is 0 Å². The summed E-state index contributed by atoms with van der Waals surface area (Å²) in [5, 5.41) is 0. The highest BCUT2D eigenvalue weighted by Gasteiger charge is 2.12. The fourth-order valence-electron chi connectivity index (χ4n) is 1.32. The summed E-state index contributed by atoms with van der Waals surface area (Å²) in [6.07, 6.45) is -1.18. The summed E-state index contributed by atoms with van der Waals surface area (Å²) < 4.78 is 14.2. The van der Waals surface area contributed by atoms with Gasteiger partial charge < -0.3 is 14.2 Å². The van der Waals surface area contributed by atoms with Crippen molar-refractivity contribution in [3.8, 4) is 0 Å². The van der Waals surface area contributed by atoms with Gasteiger partial charge in [0.15, 0.2) is 0 Å². The van der Waals surface area contributed by atoms with Crippen LogP contribution in [0.5, 0.6) is 0 Å². The summed E-state index contributed by atoms with van der Waals surface area (Å²) in [7, 11) is 0. The summed E-state index contributed by atoms with van der Waals surface area (Å²) in [5.74, 6) is -0.514. The molecule has 0 aliphatic carbocycles. The highest BCUT2D eigenvalue weighted by molar-refractivity contribution is 5.66. The highest BCUT2D eigenvalue weighted by atomic mass is 16.8. The molecule has 0 saturated carbocycles. The maximum Gasteiger partial charge on any atom is 0.511 e. The van der Waals surface area contributed by atoms with E-state index in [2.05, 4.69) is 4.74 Å². The summed E-state index contributed by atoms with van der Waals surface area (Å²) in [4.78, 5) is 21.8. The van der Waals surface area contributed by atoms with E-state index < -0.39 is 18.4 Å². The number of benzene rings is 1. The van der Waals surface area contributed by atoms with Crippen molar-refractivity contribution in [3.63, 3.8) is 0 Å². The molecule has 0 aliphatic rings.